The van der Waals surface area contributed by atoms with E-state index in [0.29, 0.717) is 43.3 Å². The standard InChI is InChI=1S/C22H23N3O3/c1-16-19(24-21(28-16)17-6-3-2-4-7-17)14-20(26)25-12-9-22(27,10-13-25)18-8-5-11-23-15-18/h2-8,11,15,27H,9-10,12-14H2,1H3. The average Bonchev–Trinajstić information content (AvgIpc) is 3.10. The smallest absolute Gasteiger partial charge is 0.228 e. The van der Waals surface area contributed by atoms with E-state index in [9.17, 15) is 9.90 Å². The molecule has 2 aromatic heterocycles. The highest BCUT2D eigenvalue weighted by Crippen LogP contribution is 2.32. The van der Waals surface area contributed by atoms with Crippen LogP contribution in [0.3, 0.4) is 0 Å². The molecule has 144 valence electrons. The van der Waals surface area contributed by atoms with Crippen LogP contribution in [0.1, 0.15) is 29.9 Å². The molecule has 28 heavy (non-hydrogen) atoms. The van der Waals surface area contributed by atoms with Gasteiger partial charge in [-0.25, -0.2) is 4.98 Å². The highest BCUT2D eigenvalue weighted by atomic mass is 16.4. The summed E-state index contributed by atoms with van der Waals surface area (Å²) in [4.78, 5) is 23.2. The lowest BCUT2D eigenvalue weighted by atomic mass is 9.85. The Morgan fingerprint density at radius 1 is 1.18 bits per heavy atom. The topological polar surface area (TPSA) is 79.5 Å². The molecule has 0 unspecified atom stereocenters. The number of oxazole rings is 1. The van der Waals surface area contributed by atoms with Crippen LogP contribution in [0.4, 0.5) is 0 Å². The molecule has 1 aliphatic heterocycles. The second kappa shape index (κ2) is 7.56. The van der Waals surface area contributed by atoms with Gasteiger partial charge in [-0.3, -0.25) is 9.78 Å². The predicted octanol–water partition coefficient (Wildman–Crippen LogP) is 3.10. The summed E-state index contributed by atoms with van der Waals surface area (Å²) in [6, 6.07) is 13.4. The van der Waals surface area contributed by atoms with Crippen molar-refractivity contribution in [2.75, 3.05) is 13.1 Å². The first kappa shape index (κ1) is 18.4. The number of aliphatic hydroxyl groups is 1. The summed E-state index contributed by atoms with van der Waals surface area (Å²) in [5, 5.41) is 10.9. The Morgan fingerprint density at radius 3 is 2.61 bits per heavy atom. The van der Waals surface area contributed by atoms with Crippen molar-refractivity contribution in [1.82, 2.24) is 14.9 Å². The van der Waals surface area contributed by atoms with Crippen LogP contribution in [0.2, 0.25) is 0 Å². The summed E-state index contributed by atoms with van der Waals surface area (Å²) in [5.41, 5.74) is 1.44. The number of rotatable bonds is 4. The third kappa shape index (κ3) is 3.68. The van der Waals surface area contributed by atoms with Gasteiger partial charge in [0, 0.05) is 36.6 Å². The Morgan fingerprint density at radius 2 is 1.93 bits per heavy atom. The third-order valence-electron chi connectivity index (χ3n) is 5.37. The van der Waals surface area contributed by atoms with Gasteiger partial charge in [0.25, 0.3) is 0 Å². The second-order valence-electron chi connectivity index (χ2n) is 7.22. The van der Waals surface area contributed by atoms with Gasteiger partial charge in [-0.1, -0.05) is 24.3 Å². The molecular weight excluding hydrogens is 354 g/mol. The number of aromatic nitrogens is 2. The molecule has 3 aromatic rings. The quantitative estimate of drug-likeness (QED) is 0.756. The van der Waals surface area contributed by atoms with Crippen LogP contribution in [0, 0.1) is 6.92 Å². The molecule has 0 saturated carbocycles. The number of carbonyl (C=O) groups excluding carboxylic acids is 1. The van der Waals surface area contributed by atoms with Crippen LogP contribution in [-0.2, 0) is 16.8 Å². The molecule has 1 saturated heterocycles. The van der Waals surface area contributed by atoms with E-state index in [0.717, 1.165) is 11.1 Å². The third-order valence-corrected chi connectivity index (χ3v) is 5.37. The van der Waals surface area contributed by atoms with Crippen molar-refractivity contribution >= 4 is 5.91 Å². The fourth-order valence-electron chi connectivity index (χ4n) is 3.60. The van der Waals surface area contributed by atoms with Gasteiger partial charge in [0.2, 0.25) is 11.8 Å². The number of likely N-dealkylation sites (tertiary alicyclic amines) is 1. The molecule has 1 N–H and O–H groups in total. The largest absolute Gasteiger partial charge is 0.441 e. The summed E-state index contributed by atoms with van der Waals surface area (Å²) in [6.45, 7) is 2.85. The van der Waals surface area contributed by atoms with Crippen molar-refractivity contribution in [3.63, 3.8) is 0 Å². The predicted molar refractivity (Wildman–Crippen MR) is 104 cm³/mol. The minimum absolute atomic E-state index is 0.00393. The minimum atomic E-state index is -0.921. The van der Waals surface area contributed by atoms with Crippen LogP contribution in [-0.4, -0.2) is 39.0 Å². The van der Waals surface area contributed by atoms with Gasteiger partial charge >= 0.3 is 0 Å². The lowest BCUT2D eigenvalue weighted by Gasteiger charge is -2.38. The summed E-state index contributed by atoms with van der Waals surface area (Å²) >= 11 is 0. The van der Waals surface area contributed by atoms with Gasteiger partial charge in [-0.2, -0.15) is 0 Å². The maximum Gasteiger partial charge on any atom is 0.228 e. The molecule has 4 rings (SSSR count). The van der Waals surface area contributed by atoms with Gasteiger partial charge in [0.05, 0.1) is 17.7 Å². The first-order valence-electron chi connectivity index (χ1n) is 9.47. The number of benzene rings is 1. The molecule has 6 nitrogen and oxygen atoms in total. The van der Waals surface area contributed by atoms with Crippen LogP contribution in [0.25, 0.3) is 11.5 Å². The molecule has 3 heterocycles. The monoisotopic (exact) mass is 377 g/mol. The number of amides is 1. The van der Waals surface area contributed by atoms with Crippen LogP contribution < -0.4 is 0 Å². The first-order chi connectivity index (χ1) is 13.5. The maximum atomic E-state index is 12.8. The van der Waals surface area contributed by atoms with E-state index in [1.165, 1.54) is 0 Å². The molecule has 6 heteroatoms. The number of nitrogens with zero attached hydrogens (tertiary/aromatic N) is 3. The zero-order valence-electron chi connectivity index (χ0n) is 15.8. The number of hydrogen-bond acceptors (Lipinski definition) is 5. The Kier molecular flexibility index (Phi) is 4.96. The number of hydrogen-bond donors (Lipinski definition) is 1. The Bertz CT molecular complexity index is 946. The second-order valence-corrected chi connectivity index (χ2v) is 7.22. The Hall–Kier alpha value is -2.99. The molecule has 1 aliphatic rings. The molecule has 1 aromatic carbocycles. The average molecular weight is 377 g/mol. The van der Waals surface area contributed by atoms with Gasteiger partial charge in [0.15, 0.2) is 0 Å². The van der Waals surface area contributed by atoms with Crippen molar-refractivity contribution in [3.05, 3.63) is 71.9 Å². The molecule has 1 fully saturated rings. The zero-order chi connectivity index (χ0) is 19.6. The van der Waals surface area contributed by atoms with Gasteiger partial charge in [-0.05, 0) is 38.0 Å². The Balaban J connectivity index is 1.41. The fraction of sp³-hybridized carbons (Fsp3) is 0.318. The summed E-state index contributed by atoms with van der Waals surface area (Å²) in [5.74, 6) is 1.20. The molecule has 0 aliphatic carbocycles. The molecule has 0 bridgehead atoms. The summed E-state index contributed by atoms with van der Waals surface area (Å²) in [6.07, 6.45) is 4.58. The molecule has 0 spiro atoms. The number of carbonyl (C=O) groups is 1. The van der Waals surface area contributed by atoms with E-state index in [-0.39, 0.29) is 12.3 Å². The number of pyridine rings is 1. The van der Waals surface area contributed by atoms with E-state index in [4.69, 9.17) is 4.42 Å². The van der Waals surface area contributed by atoms with E-state index >= 15 is 0 Å². The van der Waals surface area contributed by atoms with Crippen LogP contribution in [0.5, 0.6) is 0 Å². The van der Waals surface area contributed by atoms with Crippen molar-refractivity contribution < 1.29 is 14.3 Å². The van der Waals surface area contributed by atoms with E-state index < -0.39 is 5.60 Å². The minimum Gasteiger partial charge on any atom is -0.441 e. The summed E-state index contributed by atoms with van der Waals surface area (Å²) < 4.78 is 5.75. The number of aryl methyl sites for hydroxylation is 1. The van der Waals surface area contributed by atoms with Crippen molar-refractivity contribution in [2.24, 2.45) is 0 Å². The Labute approximate surface area is 163 Å². The van der Waals surface area contributed by atoms with Crippen molar-refractivity contribution in [1.29, 1.82) is 0 Å². The lowest BCUT2D eigenvalue weighted by Crippen LogP contribution is -2.45. The van der Waals surface area contributed by atoms with Crippen LogP contribution >= 0.6 is 0 Å². The zero-order valence-corrected chi connectivity index (χ0v) is 15.8. The van der Waals surface area contributed by atoms with Gasteiger partial charge in [0.1, 0.15) is 5.76 Å². The highest BCUT2D eigenvalue weighted by molar-refractivity contribution is 5.79. The normalized spacial score (nSPS) is 16.1. The molecular formula is C22H23N3O3. The van der Waals surface area contributed by atoms with E-state index in [2.05, 4.69) is 9.97 Å². The first-order valence-corrected chi connectivity index (χ1v) is 9.47. The summed E-state index contributed by atoms with van der Waals surface area (Å²) in [7, 11) is 0. The SMILES string of the molecule is Cc1oc(-c2ccccc2)nc1CC(=O)N1CCC(O)(c2cccnc2)CC1. The lowest BCUT2D eigenvalue weighted by molar-refractivity contribution is -0.135. The fourth-order valence-corrected chi connectivity index (χ4v) is 3.60. The van der Waals surface area contributed by atoms with Gasteiger partial charge < -0.3 is 14.4 Å². The van der Waals surface area contributed by atoms with E-state index in [1.54, 1.807) is 17.3 Å². The molecule has 0 radical (unpaired) electrons. The maximum absolute atomic E-state index is 12.8. The van der Waals surface area contributed by atoms with Crippen molar-refractivity contribution in [3.8, 4) is 11.5 Å². The van der Waals surface area contributed by atoms with E-state index in [1.807, 2.05) is 49.4 Å². The van der Waals surface area contributed by atoms with Crippen molar-refractivity contribution in [2.45, 2.75) is 31.8 Å². The number of piperidine rings is 1. The van der Waals surface area contributed by atoms with Gasteiger partial charge in [-0.15, -0.1) is 0 Å². The molecule has 1 amide bonds. The highest BCUT2D eigenvalue weighted by Gasteiger charge is 2.35. The molecule has 0 atom stereocenters. The van der Waals surface area contributed by atoms with Crippen LogP contribution in [0.15, 0.2) is 59.3 Å².